The van der Waals surface area contributed by atoms with Gasteiger partial charge in [-0.3, -0.25) is 0 Å². The zero-order valence-electron chi connectivity index (χ0n) is 7.41. The third-order valence-corrected chi connectivity index (χ3v) is 2.25. The average Bonchev–Trinajstić information content (AvgIpc) is 2.18. The lowest BCUT2D eigenvalue weighted by Gasteiger charge is -2.03. The molecule has 0 fully saturated rings. The molecule has 0 saturated heterocycles. The van der Waals surface area contributed by atoms with Gasteiger partial charge in [0.1, 0.15) is 12.4 Å². The minimum absolute atomic E-state index is 0.0186. The standard InChI is InChI=1S/C10H10Cl2O2/c11-9-4-3-8(7-10(9)12)14-6-2-1-5-13/h1-4,7,13H,5-6H2/b2-1+. The van der Waals surface area contributed by atoms with Crippen LogP contribution in [0.3, 0.4) is 0 Å². The van der Waals surface area contributed by atoms with Gasteiger partial charge in [-0.25, -0.2) is 0 Å². The minimum atomic E-state index is 0.0186. The first-order chi connectivity index (χ1) is 6.74. The van der Waals surface area contributed by atoms with E-state index in [9.17, 15) is 0 Å². The Labute approximate surface area is 92.7 Å². The van der Waals surface area contributed by atoms with Crippen LogP contribution < -0.4 is 4.74 Å². The predicted octanol–water partition coefficient (Wildman–Crippen LogP) is 2.92. The van der Waals surface area contributed by atoms with Gasteiger partial charge in [0.25, 0.3) is 0 Å². The molecule has 0 spiro atoms. The molecule has 0 aliphatic carbocycles. The summed E-state index contributed by atoms with van der Waals surface area (Å²) in [7, 11) is 0. The molecule has 1 rings (SSSR count). The fraction of sp³-hybridized carbons (Fsp3) is 0.200. The first-order valence-corrected chi connectivity index (χ1v) is 4.83. The molecule has 0 radical (unpaired) electrons. The van der Waals surface area contributed by atoms with E-state index in [2.05, 4.69) is 0 Å². The summed E-state index contributed by atoms with van der Waals surface area (Å²) in [6, 6.07) is 5.06. The molecule has 0 amide bonds. The van der Waals surface area contributed by atoms with Crippen LogP contribution in [0.15, 0.2) is 30.4 Å². The van der Waals surface area contributed by atoms with E-state index in [1.807, 2.05) is 0 Å². The van der Waals surface area contributed by atoms with Crippen LogP contribution in [-0.2, 0) is 0 Å². The van der Waals surface area contributed by atoms with Gasteiger partial charge in [-0.15, -0.1) is 0 Å². The smallest absolute Gasteiger partial charge is 0.121 e. The van der Waals surface area contributed by atoms with Crippen molar-refractivity contribution in [2.45, 2.75) is 0 Å². The van der Waals surface area contributed by atoms with Crippen molar-refractivity contribution < 1.29 is 9.84 Å². The van der Waals surface area contributed by atoms with Crippen molar-refractivity contribution in [2.24, 2.45) is 0 Å². The summed E-state index contributed by atoms with van der Waals surface area (Å²) in [5, 5.41) is 9.44. The summed E-state index contributed by atoms with van der Waals surface area (Å²) < 4.78 is 5.30. The molecule has 0 aliphatic rings. The highest BCUT2D eigenvalue weighted by atomic mass is 35.5. The minimum Gasteiger partial charge on any atom is -0.489 e. The fourth-order valence-corrected chi connectivity index (χ4v) is 1.14. The molecule has 0 heterocycles. The molecule has 0 aliphatic heterocycles. The quantitative estimate of drug-likeness (QED) is 0.810. The molecule has 1 N–H and O–H groups in total. The molecule has 2 nitrogen and oxygen atoms in total. The number of hydrogen-bond donors (Lipinski definition) is 1. The number of rotatable bonds is 4. The molecular weight excluding hydrogens is 223 g/mol. The van der Waals surface area contributed by atoms with Crippen molar-refractivity contribution in [3.63, 3.8) is 0 Å². The van der Waals surface area contributed by atoms with Gasteiger partial charge in [-0.2, -0.15) is 0 Å². The van der Waals surface area contributed by atoms with Crippen molar-refractivity contribution in [1.82, 2.24) is 0 Å². The first-order valence-electron chi connectivity index (χ1n) is 4.07. The summed E-state index contributed by atoms with van der Waals surface area (Å²) in [6.07, 6.45) is 3.33. The molecule has 4 heteroatoms. The van der Waals surface area contributed by atoms with Gasteiger partial charge < -0.3 is 9.84 Å². The average molecular weight is 233 g/mol. The van der Waals surface area contributed by atoms with Gasteiger partial charge in [-0.05, 0) is 18.2 Å². The topological polar surface area (TPSA) is 29.5 Å². The Morgan fingerprint density at radius 3 is 2.64 bits per heavy atom. The largest absolute Gasteiger partial charge is 0.489 e. The zero-order chi connectivity index (χ0) is 10.4. The van der Waals surface area contributed by atoms with Crippen LogP contribution in [0.1, 0.15) is 0 Å². The van der Waals surface area contributed by atoms with Crippen LogP contribution in [0.25, 0.3) is 0 Å². The fourth-order valence-electron chi connectivity index (χ4n) is 0.854. The molecule has 0 unspecified atom stereocenters. The molecule has 0 aromatic heterocycles. The maximum atomic E-state index is 8.46. The summed E-state index contributed by atoms with van der Waals surface area (Å²) in [5.41, 5.74) is 0. The van der Waals surface area contributed by atoms with Crippen molar-refractivity contribution in [3.05, 3.63) is 40.4 Å². The zero-order valence-corrected chi connectivity index (χ0v) is 8.92. The highest BCUT2D eigenvalue weighted by molar-refractivity contribution is 6.42. The molecule has 1 aromatic carbocycles. The van der Waals surface area contributed by atoms with E-state index in [4.69, 9.17) is 33.0 Å². The lowest BCUT2D eigenvalue weighted by molar-refractivity contribution is 0.336. The predicted molar refractivity (Wildman–Crippen MR) is 58.2 cm³/mol. The maximum absolute atomic E-state index is 8.46. The number of hydrogen-bond acceptors (Lipinski definition) is 2. The normalized spacial score (nSPS) is 10.8. The molecule has 14 heavy (non-hydrogen) atoms. The van der Waals surface area contributed by atoms with E-state index in [-0.39, 0.29) is 6.61 Å². The Morgan fingerprint density at radius 1 is 1.21 bits per heavy atom. The highest BCUT2D eigenvalue weighted by Gasteiger charge is 1.98. The van der Waals surface area contributed by atoms with Crippen molar-refractivity contribution in [1.29, 1.82) is 0 Å². The molecule has 0 bridgehead atoms. The van der Waals surface area contributed by atoms with Crippen molar-refractivity contribution in [3.8, 4) is 5.75 Å². The summed E-state index contributed by atoms with van der Waals surface area (Å²) >= 11 is 11.5. The summed E-state index contributed by atoms with van der Waals surface area (Å²) in [6.45, 7) is 0.420. The molecular formula is C10H10Cl2O2. The second-order valence-electron chi connectivity index (χ2n) is 2.54. The monoisotopic (exact) mass is 232 g/mol. The second kappa shape index (κ2) is 5.91. The van der Waals surface area contributed by atoms with E-state index in [1.165, 1.54) is 0 Å². The van der Waals surface area contributed by atoms with E-state index >= 15 is 0 Å². The number of benzene rings is 1. The Hall–Kier alpha value is -0.700. The van der Waals surface area contributed by atoms with Gasteiger partial charge in [0.15, 0.2) is 0 Å². The van der Waals surface area contributed by atoms with Crippen LogP contribution in [0.4, 0.5) is 0 Å². The second-order valence-corrected chi connectivity index (χ2v) is 3.36. The summed E-state index contributed by atoms with van der Waals surface area (Å²) in [5.74, 6) is 0.655. The van der Waals surface area contributed by atoms with Gasteiger partial charge in [0.05, 0.1) is 16.7 Å². The third-order valence-electron chi connectivity index (χ3n) is 1.51. The van der Waals surface area contributed by atoms with E-state index < -0.39 is 0 Å². The van der Waals surface area contributed by atoms with Gasteiger partial charge in [0.2, 0.25) is 0 Å². The Morgan fingerprint density at radius 2 is 2.00 bits per heavy atom. The van der Waals surface area contributed by atoms with Crippen LogP contribution in [0.5, 0.6) is 5.75 Å². The Balaban J connectivity index is 2.51. The molecule has 0 saturated carbocycles. The van der Waals surface area contributed by atoms with Crippen LogP contribution >= 0.6 is 23.2 Å². The molecule has 76 valence electrons. The van der Waals surface area contributed by atoms with Crippen molar-refractivity contribution in [2.75, 3.05) is 13.2 Å². The Kier molecular flexibility index (Phi) is 4.80. The van der Waals surface area contributed by atoms with Gasteiger partial charge >= 0.3 is 0 Å². The van der Waals surface area contributed by atoms with Crippen molar-refractivity contribution >= 4 is 23.2 Å². The number of ether oxygens (including phenoxy) is 1. The SMILES string of the molecule is OC/C=C/COc1ccc(Cl)c(Cl)c1. The maximum Gasteiger partial charge on any atom is 0.121 e. The van der Waals surface area contributed by atoms with Gasteiger partial charge in [-0.1, -0.05) is 29.3 Å². The number of aliphatic hydroxyl groups is 1. The first kappa shape index (κ1) is 11.4. The van der Waals surface area contributed by atoms with E-state index in [1.54, 1.807) is 30.4 Å². The van der Waals surface area contributed by atoms with Crippen LogP contribution in [0, 0.1) is 0 Å². The summed E-state index contributed by atoms with van der Waals surface area (Å²) in [4.78, 5) is 0. The van der Waals surface area contributed by atoms with Gasteiger partial charge in [0, 0.05) is 6.07 Å². The van der Waals surface area contributed by atoms with Crippen LogP contribution in [-0.4, -0.2) is 18.3 Å². The van der Waals surface area contributed by atoms with E-state index in [0.29, 0.717) is 22.4 Å². The third kappa shape index (κ3) is 3.58. The van der Waals surface area contributed by atoms with E-state index in [0.717, 1.165) is 0 Å². The number of aliphatic hydroxyl groups excluding tert-OH is 1. The lowest BCUT2D eigenvalue weighted by atomic mass is 10.3. The molecule has 0 atom stereocenters. The number of halogens is 2. The lowest BCUT2D eigenvalue weighted by Crippen LogP contribution is -1.93. The highest BCUT2D eigenvalue weighted by Crippen LogP contribution is 2.26. The van der Waals surface area contributed by atoms with Crippen LogP contribution in [0.2, 0.25) is 10.0 Å². The molecule has 1 aromatic rings. The Bertz CT molecular complexity index is 324.